The highest BCUT2D eigenvalue weighted by atomic mass is 32.2. The number of benzene rings is 2. The molecule has 1 amide bonds. The van der Waals surface area contributed by atoms with Crippen molar-refractivity contribution in [2.75, 3.05) is 44.3 Å². The van der Waals surface area contributed by atoms with Gasteiger partial charge in [0.1, 0.15) is 0 Å². The first-order valence-electron chi connectivity index (χ1n) is 11.0. The number of nitrogens with zero attached hydrogens (tertiary/aromatic N) is 2. The Hall–Kier alpha value is -2.56. The Morgan fingerprint density at radius 3 is 2.27 bits per heavy atom. The molecule has 4 rings (SSSR count). The van der Waals surface area contributed by atoms with Crippen molar-refractivity contribution < 1.29 is 26.7 Å². The molecule has 2 fully saturated rings. The number of amides is 1. The summed E-state index contributed by atoms with van der Waals surface area (Å²) in [6, 6.07) is 10.6. The molecule has 1 N–H and O–H groups in total. The van der Waals surface area contributed by atoms with Crippen molar-refractivity contribution in [3.05, 3.63) is 59.7 Å². The third-order valence-electron chi connectivity index (χ3n) is 6.13. The Kier molecular flexibility index (Phi) is 7.26. The largest absolute Gasteiger partial charge is 0.378 e. The molecule has 0 radical (unpaired) electrons. The van der Waals surface area contributed by atoms with Gasteiger partial charge in [-0.3, -0.25) is 4.79 Å². The van der Waals surface area contributed by atoms with Gasteiger partial charge < -0.3 is 15.0 Å². The predicted octanol–water partition coefficient (Wildman–Crippen LogP) is 2.52. The van der Waals surface area contributed by atoms with Crippen molar-refractivity contribution in [1.29, 1.82) is 0 Å². The van der Waals surface area contributed by atoms with Gasteiger partial charge in [0, 0.05) is 44.3 Å². The fourth-order valence-electron chi connectivity index (χ4n) is 4.12. The number of morpholine rings is 1. The van der Waals surface area contributed by atoms with Crippen molar-refractivity contribution in [1.82, 2.24) is 9.62 Å². The summed E-state index contributed by atoms with van der Waals surface area (Å²) in [5, 5.41) is 2.93. The zero-order valence-corrected chi connectivity index (χ0v) is 19.0. The number of anilines is 1. The highest BCUT2D eigenvalue weighted by Gasteiger charge is 2.32. The van der Waals surface area contributed by atoms with Crippen LogP contribution in [0.15, 0.2) is 47.4 Å². The van der Waals surface area contributed by atoms with Crippen molar-refractivity contribution in [3.63, 3.8) is 0 Å². The lowest BCUT2D eigenvalue weighted by molar-refractivity contribution is -0.126. The van der Waals surface area contributed by atoms with E-state index in [1.54, 1.807) is 0 Å². The van der Waals surface area contributed by atoms with Gasteiger partial charge in [0.25, 0.3) is 0 Å². The number of halogens is 2. The van der Waals surface area contributed by atoms with Gasteiger partial charge in [0.05, 0.1) is 18.1 Å². The fourth-order valence-corrected chi connectivity index (χ4v) is 5.61. The van der Waals surface area contributed by atoms with Gasteiger partial charge in [-0.2, -0.15) is 4.31 Å². The Balaban J connectivity index is 1.27. The van der Waals surface area contributed by atoms with Crippen LogP contribution in [0.3, 0.4) is 0 Å². The summed E-state index contributed by atoms with van der Waals surface area (Å²) in [6.07, 6.45) is 0.732. The molecule has 7 nitrogen and oxygen atoms in total. The minimum absolute atomic E-state index is 0.114. The van der Waals surface area contributed by atoms with Gasteiger partial charge in [0.15, 0.2) is 11.6 Å². The summed E-state index contributed by atoms with van der Waals surface area (Å²) in [5.74, 6) is -2.71. The van der Waals surface area contributed by atoms with Crippen LogP contribution in [0.2, 0.25) is 0 Å². The number of carbonyl (C=O) groups is 1. The standard InChI is InChI=1S/C23H27F2N3O4S/c24-21-6-5-20(15-22(21)25)33(30,31)28-9-7-18(8-10-28)23(29)26-16-17-1-3-19(4-2-17)27-11-13-32-14-12-27/h1-6,15,18H,7-14,16H2,(H,26,29). The van der Waals surface area contributed by atoms with Gasteiger partial charge in [-0.05, 0) is 48.7 Å². The number of ether oxygens (including phenoxy) is 1. The number of piperidine rings is 1. The number of sulfonamides is 1. The molecule has 0 atom stereocenters. The molecule has 0 aliphatic carbocycles. The zero-order chi connectivity index (χ0) is 23.4. The van der Waals surface area contributed by atoms with Crippen LogP contribution in [0.5, 0.6) is 0 Å². The Morgan fingerprint density at radius 1 is 0.970 bits per heavy atom. The molecule has 178 valence electrons. The van der Waals surface area contributed by atoms with Gasteiger partial charge >= 0.3 is 0 Å². The molecule has 2 heterocycles. The first-order chi connectivity index (χ1) is 15.8. The average molecular weight is 480 g/mol. The van der Waals surface area contributed by atoms with Crippen molar-refractivity contribution in [2.24, 2.45) is 5.92 Å². The van der Waals surface area contributed by atoms with Crippen LogP contribution in [0, 0.1) is 17.6 Å². The monoisotopic (exact) mass is 479 g/mol. The molecule has 0 spiro atoms. The van der Waals surface area contributed by atoms with E-state index in [1.807, 2.05) is 24.3 Å². The molecule has 10 heteroatoms. The third kappa shape index (κ3) is 5.51. The molecule has 0 saturated carbocycles. The SMILES string of the molecule is O=C(NCc1ccc(N2CCOCC2)cc1)C1CCN(S(=O)(=O)c2ccc(F)c(F)c2)CC1. The van der Waals surface area contributed by atoms with Gasteiger partial charge in [-0.15, -0.1) is 0 Å². The minimum Gasteiger partial charge on any atom is -0.378 e. The summed E-state index contributed by atoms with van der Waals surface area (Å²) in [7, 11) is -3.94. The fraction of sp³-hybridized carbons (Fsp3) is 0.435. The first-order valence-corrected chi connectivity index (χ1v) is 12.4. The summed E-state index contributed by atoms with van der Waals surface area (Å²) >= 11 is 0. The summed E-state index contributed by atoms with van der Waals surface area (Å²) in [5.41, 5.74) is 2.11. The highest BCUT2D eigenvalue weighted by molar-refractivity contribution is 7.89. The van der Waals surface area contributed by atoms with E-state index in [2.05, 4.69) is 10.2 Å². The molecular weight excluding hydrogens is 452 g/mol. The smallest absolute Gasteiger partial charge is 0.243 e. The van der Waals surface area contributed by atoms with E-state index in [0.717, 1.165) is 49.7 Å². The molecule has 33 heavy (non-hydrogen) atoms. The number of rotatable bonds is 6. The maximum Gasteiger partial charge on any atom is 0.243 e. The van der Waals surface area contributed by atoms with Crippen LogP contribution >= 0.6 is 0 Å². The average Bonchev–Trinajstić information content (AvgIpc) is 2.85. The van der Waals surface area contributed by atoms with Crippen molar-refractivity contribution in [2.45, 2.75) is 24.3 Å². The first kappa shape index (κ1) is 23.6. The van der Waals surface area contributed by atoms with Crippen LogP contribution in [0.25, 0.3) is 0 Å². The van der Waals surface area contributed by atoms with E-state index in [1.165, 1.54) is 4.31 Å². The quantitative estimate of drug-likeness (QED) is 0.689. The van der Waals surface area contributed by atoms with Crippen LogP contribution in [-0.2, 0) is 26.1 Å². The number of nitrogens with one attached hydrogen (secondary N) is 1. The second-order valence-electron chi connectivity index (χ2n) is 8.24. The van der Waals surface area contributed by atoms with E-state index in [4.69, 9.17) is 4.74 Å². The molecule has 0 aromatic heterocycles. The minimum atomic E-state index is -3.94. The lowest BCUT2D eigenvalue weighted by atomic mass is 9.97. The summed E-state index contributed by atoms with van der Waals surface area (Å²) in [6.45, 7) is 3.86. The number of hydrogen-bond acceptors (Lipinski definition) is 5. The van der Waals surface area contributed by atoms with Crippen molar-refractivity contribution >= 4 is 21.6 Å². The predicted molar refractivity (Wildman–Crippen MR) is 119 cm³/mol. The zero-order valence-electron chi connectivity index (χ0n) is 18.2. The van der Waals surface area contributed by atoms with Crippen LogP contribution in [0.4, 0.5) is 14.5 Å². The Bertz CT molecular complexity index is 1080. The molecule has 2 saturated heterocycles. The summed E-state index contributed by atoms with van der Waals surface area (Å²) in [4.78, 5) is 14.6. The van der Waals surface area contributed by atoms with E-state index < -0.39 is 21.7 Å². The lowest BCUT2D eigenvalue weighted by Crippen LogP contribution is -2.42. The van der Waals surface area contributed by atoms with E-state index in [9.17, 15) is 22.0 Å². The summed E-state index contributed by atoms with van der Waals surface area (Å²) < 4.78 is 58.6. The number of carbonyl (C=O) groups excluding carboxylic acids is 1. The normalized spacial score (nSPS) is 18.3. The number of hydrogen-bond donors (Lipinski definition) is 1. The topological polar surface area (TPSA) is 79.0 Å². The Labute approximate surface area is 192 Å². The Morgan fingerprint density at radius 2 is 1.64 bits per heavy atom. The van der Waals surface area contributed by atoms with Gasteiger partial charge in [-0.1, -0.05) is 12.1 Å². The molecule has 2 aromatic carbocycles. The molecule has 0 bridgehead atoms. The maximum atomic E-state index is 13.5. The second kappa shape index (κ2) is 10.1. The maximum absolute atomic E-state index is 13.5. The molecule has 0 unspecified atom stereocenters. The highest BCUT2D eigenvalue weighted by Crippen LogP contribution is 2.25. The molecule has 2 aliphatic rings. The van der Waals surface area contributed by atoms with Gasteiger partial charge in [-0.25, -0.2) is 17.2 Å². The third-order valence-corrected chi connectivity index (χ3v) is 8.03. The van der Waals surface area contributed by atoms with E-state index in [-0.39, 0.29) is 29.8 Å². The molecular formula is C23H27F2N3O4S. The van der Waals surface area contributed by atoms with Crippen LogP contribution in [-0.4, -0.2) is 58.0 Å². The van der Waals surface area contributed by atoms with E-state index in [0.29, 0.717) is 25.5 Å². The van der Waals surface area contributed by atoms with Crippen LogP contribution in [0.1, 0.15) is 18.4 Å². The van der Waals surface area contributed by atoms with Gasteiger partial charge in [0.2, 0.25) is 15.9 Å². The molecule has 2 aliphatic heterocycles. The lowest BCUT2D eigenvalue weighted by Gasteiger charge is -2.30. The van der Waals surface area contributed by atoms with Crippen LogP contribution < -0.4 is 10.2 Å². The molecule has 2 aromatic rings. The van der Waals surface area contributed by atoms with Crippen molar-refractivity contribution in [3.8, 4) is 0 Å². The van der Waals surface area contributed by atoms with E-state index >= 15 is 0 Å². The second-order valence-corrected chi connectivity index (χ2v) is 10.2.